The fourth-order valence-electron chi connectivity index (χ4n) is 2.39. The third-order valence-corrected chi connectivity index (χ3v) is 3.92. The average Bonchev–Trinajstić information content (AvgIpc) is 2.60. The van der Waals surface area contributed by atoms with Gasteiger partial charge in [0, 0.05) is 11.3 Å². The zero-order valence-corrected chi connectivity index (χ0v) is 15.3. The van der Waals surface area contributed by atoms with Crippen molar-refractivity contribution in [2.24, 2.45) is 0 Å². The van der Waals surface area contributed by atoms with Gasteiger partial charge in [-0.3, -0.25) is 0 Å². The highest BCUT2D eigenvalue weighted by atomic mass is 32.1. The number of rotatable bonds is 5. The molecule has 0 heterocycles. The molecule has 0 aliphatic heterocycles. The third-order valence-electron chi connectivity index (χ3n) is 3.70. The van der Waals surface area contributed by atoms with Crippen LogP contribution in [0, 0.1) is 0 Å². The summed E-state index contributed by atoms with van der Waals surface area (Å²) in [6, 6.07) is 9.94. The van der Waals surface area contributed by atoms with Gasteiger partial charge in [0.2, 0.25) is 0 Å². The Hall–Kier alpha value is -2.48. The van der Waals surface area contributed by atoms with Crippen LogP contribution < -0.4 is 20.1 Å². The number of nitrogens with one attached hydrogen (secondary N) is 2. The largest absolute Gasteiger partial charge is 0.497 e. The highest BCUT2D eigenvalue weighted by Gasteiger charge is 2.30. The number of methoxy groups -OCH3 is 2. The second kappa shape index (κ2) is 8.27. The molecule has 0 aromatic heterocycles. The molecule has 2 aromatic rings. The summed E-state index contributed by atoms with van der Waals surface area (Å²) >= 11 is 5.21. The Balaban J connectivity index is 2.11. The SMILES string of the molecule is COc1ccc(OC)c([C@@H](C)NC(=S)Nc2cccc(C(F)(F)F)c2)c1. The number of benzene rings is 2. The minimum Gasteiger partial charge on any atom is -0.497 e. The molecule has 26 heavy (non-hydrogen) atoms. The normalized spacial score (nSPS) is 12.2. The van der Waals surface area contributed by atoms with Gasteiger partial charge in [0.25, 0.3) is 0 Å². The van der Waals surface area contributed by atoms with E-state index >= 15 is 0 Å². The highest BCUT2D eigenvalue weighted by molar-refractivity contribution is 7.80. The molecule has 0 saturated carbocycles. The van der Waals surface area contributed by atoms with Crippen molar-refractivity contribution in [2.45, 2.75) is 19.1 Å². The highest BCUT2D eigenvalue weighted by Crippen LogP contribution is 2.31. The van der Waals surface area contributed by atoms with Crippen LogP contribution in [0.5, 0.6) is 11.5 Å². The molecule has 0 fully saturated rings. The summed E-state index contributed by atoms with van der Waals surface area (Å²) in [5, 5.41) is 6.00. The lowest BCUT2D eigenvalue weighted by Crippen LogP contribution is -2.31. The Morgan fingerprint density at radius 1 is 1.08 bits per heavy atom. The Morgan fingerprint density at radius 3 is 2.42 bits per heavy atom. The number of anilines is 1. The molecular weight excluding hydrogens is 365 g/mol. The molecule has 2 aromatic carbocycles. The first-order valence-corrected chi connectivity index (χ1v) is 8.12. The second-order valence-electron chi connectivity index (χ2n) is 5.51. The Kier molecular flexibility index (Phi) is 6.31. The van der Waals surface area contributed by atoms with Gasteiger partial charge in [-0.25, -0.2) is 0 Å². The van der Waals surface area contributed by atoms with E-state index in [9.17, 15) is 13.2 Å². The summed E-state index contributed by atoms with van der Waals surface area (Å²) in [5.41, 5.74) is 0.315. The van der Waals surface area contributed by atoms with Gasteiger partial charge < -0.3 is 20.1 Å². The molecule has 0 saturated heterocycles. The number of ether oxygens (including phenoxy) is 2. The van der Waals surface area contributed by atoms with Gasteiger partial charge in [-0.1, -0.05) is 6.07 Å². The Morgan fingerprint density at radius 2 is 1.81 bits per heavy atom. The topological polar surface area (TPSA) is 42.5 Å². The van der Waals surface area contributed by atoms with E-state index in [0.29, 0.717) is 11.5 Å². The Labute approximate surface area is 155 Å². The minimum atomic E-state index is -4.41. The van der Waals surface area contributed by atoms with Crippen molar-refractivity contribution in [1.29, 1.82) is 0 Å². The first-order chi connectivity index (χ1) is 12.2. The summed E-state index contributed by atoms with van der Waals surface area (Å²) in [6.07, 6.45) is -4.41. The van der Waals surface area contributed by atoms with Crippen molar-refractivity contribution in [1.82, 2.24) is 5.32 Å². The van der Waals surface area contributed by atoms with Crippen LogP contribution in [0.15, 0.2) is 42.5 Å². The maximum absolute atomic E-state index is 12.8. The van der Waals surface area contributed by atoms with Crippen molar-refractivity contribution in [3.63, 3.8) is 0 Å². The molecular formula is C18H19F3N2O2S. The van der Waals surface area contributed by atoms with Gasteiger partial charge in [0.1, 0.15) is 11.5 Å². The van der Waals surface area contributed by atoms with Gasteiger partial charge in [-0.05, 0) is 55.5 Å². The molecule has 8 heteroatoms. The van der Waals surface area contributed by atoms with E-state index in [1.807, 2.05) is 13.0 Å². The van der Waals surface area contributed by atoms with Crippen molar-refractivity contribution >= 4 is 23.0 Å². The molecule has 4 nitrogen and oxygen atoms in total. The number of hydrogen-bond acceptors (Lipinski definition) is 3. The summed E-state index contributed by atoms with van der Waals surface area (Å²) in [5.74, 6) is 1.30. The summed E-state index contributed by atoms with van der Waals surface area (Å²) in [7, 11) is 3.11. The van der Waals surface area contributed by atoms with Gasteiger partial charge in [-0.2, -0.15) is 13.2 Å². The predicted molar refractivity (Wildman–Crippen MR) is 98.8 cm³/mol. The van der Waals surface area contributed by atoms with Crippen molar-refractivity contribution < 1.29 is 22.6 Å². The maximum atomic E-state index is 12.8. The third kappa shape index (κ3) is 5.01. The van der Waals surface area contributed by atoms with E-state index in [0.717, 1.165) is 17.7 Å². The van der Waals surface area contributed by atoms with Gasteiger partial charge in [-0.15, -0.1) is 0 Å². The second-order valence-corrected chi connectivity index (χ2v) is 5.91. The van der Waals surface area contributed by atoms with Gasteiger partial charge >= 0.3 is 6.18 Å². The molecule has 0 bridgehead atoms. The van der Waals surface area contributed by atoms with Crippen LogP contribution in [-0.4, -0.2) is 19.3 Å². The average molecular weight is 384 g/mol. The van der Waals surface area contributed by atoms with Crippen molar-refractivity contribution in [3.05, 3.63) is 53.6 Å². The monoisotopic (exact) mass is 384 g/mol. The first kappa shape index (κ1) is 19.8. The quantitative estimate of drug-likeness (QED) is 0.727. The van der Waals surface area contributed by atoms with Crippen LogP contribution in [0.4, 0.5) is 18.9 Å². The lowest BCUT2D eigenvalue weighted by Gasteiger charge is -2.20. The zero-order valence-electron chi connectivity index (χ0n) is 14.5. The standard InChI is InChI=1S/C18H19F3N2O2S/c1-11(15-10-14(24-2)7-8-16(15)25-3)22-17(26)23-13-6-4-5-12(9-13)18(19,20)21/h4-11H,1-3H3,(H2,22,23,26)/t11-/m1/s1. The van der Waals surface area contributed by atoms with Crippen molar-refractivity contribution in [2.75, 3.05) is 19.5 Å². The van der Waals surface area contributed by atoms with Crippen LogP contribution in [-0.2, 0) is 6.18 Å². The van der Waals surface area contributed by atoms with E-state index in [1.54, 1.807) is 26.4 Å². The Bertz CT molecular complexity index is 781. The van der Waals surface area contributed by atoms with Crippen LogP contribution in [0.1, 0.15) is 24.1 Å². The zero-order chi connectivity index (χ0) is 19.3. The van der Waals surface area contributed by atoms with E-state index in [1.165, 1.54) is 12.1 Å². The molecule has 1 atom stereocenters. The first-order valence-electron chi connectivity index (χ1n) is 7.71. The van der Waals surface area contributed by atoms with Crippen LogP contribution in [0.25, 0.3) is 0 Å². The fraction of sp³-hybridized carbons (Fsp3) is 0.278. The molecule has 2 rings (SSSR count). The predicted octanol–water partition coefficient (Wildman–Crippen LogP) is 4.77. The van der Waals surface area contributed by atoms with Crippen LogP contribution in [0.2, 0.25) is 0 Å². The lowest BCUT2D eigenvalue weighted by molar-refractivity contribution is -0.137. The molecule has 0 radical (unpaired) electrons. The molecule has 2 N–H and O–H groups in total. The summed E-state index contributed by atoms with van der Waals surface area (Å²) < 4.78 is 48.9. The molecule has 0 aliphatic carbocycles. The molecule has 140 valence electrons. The molecule has 0 spiro atoms. The van der Waals surface area contributed by atoms with Crippen LogP contribution >= 0.6 is 12.2 Å². The number of hydrogen-bond donors (Lipinski definition) is 2. The number of alkyl halides is 3. The van der Waals surface area contributed by atoms with E-state index < -0.39 is 11.7 Å². The maximum Gasteiger partial charge on any atom is 0.416 e. The molecule has 0 amide bonds. The molecule has 0 unspecified atom stereocenters. The van der Waals surface area contributed by atoms with Crippen LogP contribution in [0.3, 0.4) is 0 Å². The smallest absolute Gasteiger partial charge is 0.416 e. The lowest BCUT2D eigenvalue weighted by atomic mass is 10.1. The summed E-state index contributed by atoms with van der Waals surface area (Å²) in [6.45, 7) is 1.86. The fourth-order valence-corrected chi connectivity index (χ4v) is 2.69. The van der Waals surface area contributed by atoms with Crippen molar-refractivity contribution in [3.8, 4) is 11.5 Å². The summed E-state index contributed by atoms with van der Waals surface area (Å²) in [4.78, 5) is 0. The minimum absolute atomic E-state index is 0.196. The van der Waals surface area contributed by atoms with Gasteiger partial charge in [0.15, 0.2) is 5.11 Å². The van der Waals surface area contributed by atoms with E-state index in [4.69, 9.17) is 21.7 Å². The molecule has 0 aliphatic rings. The number of halogens is 3. The number of thiocarbonyl (C=S) groups is 1. The van der Waals surface area contributed by atoms with E-state index in [-0.39, 0.29) is 16.8 Å². The van der Waals surface area contributed by atoms with Gasteiger partial charge in [0.05, 0.1) is 25.8 Å². The van der Waals surface area contributed by atoms with E-state index in [2.05, 4.69) is 10.6 Å².